The zero-order chi connectivity index (χ0) is 15.4. The van der Waals surface area contributed by atoms with E-state index in [0.717, 1.165) is 10.8 Å². The van der Waals surface area contributed by atoms with Gasteiger partial charge in [0.1, 0.15) is 0 Å². The number of anilines is 1. The standard InChI is InChI=1S/C14H21N5OS/c1-10(11(2)19-7-5-6-16-19)15-8-13-9-21-14(17-13)18(4)12(3)20/h5-7,9-11,15H,8H2,1-4H3/t10-,11+/m1/s1. The lowest BCUT2D eigenvalue weighted by atomic mass is 10.2. The molecule has 0 aliphatic heterocycles. The Morgan fingerprint density at radius 2 is 2.29 bits per heavy atom. The molecule has 0 aromatic carbocycles. The summed E-state index contributed by atoms with van der Waals surface area (Å²) >= 11 is 1.48. The highest BCUT2D eigenvalue weighted by molar-refractivity contribution is 7.14. The molecule has 0 saturated carbocycles. The van der Waals surface area contributed by atoms with Crippen molar-refractivity contribution in [1.29, 1.82) is 0 Å². The van der Waals surface area contributed by atoms with Gasteiger partial charge in [-0.1, -0.05) is 0 Å². The lowest BCUT2D eigenvalue weighted by Gasteiger charge is -2.21. The van der Waals surface area contributed by atoms with Crippen LogP contribution in [0.3, 0.4) is 0 Å². The molecule has 0 aliphatic carbocycles. The third-order valence-corrected chi connectivity index (χ3v) is 4.54. The van der Waals surface area contributed by atoms with Gasteiger partial charge in [-0.25, -0.2) is 4.98 Å². The van der Waals surface area contributed by atoms with Gasteiger partial charge in [0.25, 0.3) is 0 Å². The highest BCUT2D eigenvalue weighted by Crippen LogP contribution is 2.19. The van der Waals surface area contributed by atoms with Crippen molar-refractivity contribution in [2.45, 2.75) is 39.4 Å². The van der Waals surface area contributed by atoms with Crippen LogP contribution in [0.2, 0.25) is 0 Å². The molecule has 1 N–H and O–H groups in total. The van der Waals surface area contributed by atoms with Gasteiger partial charge in [-0.2, -0.15) is 5.10 Å². The van der Waals surface area contributed by atoms with Crippen LogP contribution in [0.25, 0.3) is 0 Å². The molecule has 2 aromatic rings. The molecule has 21 heavy (non-hydrogen) atoms. The van der Waals surface area contributed by atoms with Crippen molar-refractivity contribution >= 4 is 22.4 Å². The molecule has 7 heteroatoms. The third kappa shape index (κ3) is 3.89. The number of carbonyl (C=O) groups is 1. The highest BCUT2D eigenvalue weighted by Gasteiger charge is 2.15. The minimum Gasteiger partial charge on any atom is -0.306 e. The zero-order valence-corrected chi connectivity index (χ0v) is 13.6. The summed E-state index contributed by atoms with van der Waals surface area (Å²) in [6.07, 6.45) is 3.75. The molecule has 0 bridgehead atoms. The SMILES string of the molecule is CC(=O)N(C)c1nc(CN[C@H](C)[C@H](C)n2cccn2)cs1. The van der Waals surface area contributed by atoms with Crippen LogP contribution in [0.4, 0.5) is 5.13 Å². The van der Waals surface area contributed by atoms with E-state index in [1.54, 1.807) is 18.1 Å². The van der Waals surface area contributed by atoms with Gasteiger partial charge in [-0.3, -0.25) is 14.4 Å². The fourth-order valence-corrected chi connectivity index (χ4v) is 2.69. The third-order valence-electron chi connectivity index (χ3n) is 3.57. The molecule has 0 fully saturated rings. The predicted molar refractivity (Wildman–Crippen MR) is 84.4 cm³/mol. The molecule has 2 rings (SSSR count). The summed E-state index contributed by atoms with van der Waals surface area (Å²) in [7, 11) is 1.74. The van der Waals surface area contributed by atoms with Crippen LogP contribution in [0.15, 0.2) is 23.8 Å². The molecular weight excluding hydrogens is 286 g/mol. The quantitative estimate of drug-likeness (QED) is 0.887. The first kappa shape index (κ1) is 15.7. The van der Waals surface area contributed by atoms with Crippen LogP contribution >= 0.6 is 11.3 Å². The molecule has 2 atom stereocenters. The summed E-state index contributed by atoms with van der Waals surface area (Å²) in [5.41, 5.74) is 0.947. The van der Waals surface area contributed by atoms with Gasteiger partial charge < -0.3 is 5.32 Å². The Kier molecular flexibility index (Phi) is 5.08. The number of thiazole rings is 1. The first-order valence-electron chi connectivity index (χ1n) is 6.90. The Morgan fingerprint density at radius 1 is 1.52 bits per heavy atom. The fraction of sp³-hybridized carbons (Fsp3) is 0.500. The van der Waals surface area contributed by atoms with Gasteiger partial charge in [0.2, 0.25) is 5.91 Å². The lowest BCUT2D eigenvalue weighted by Crippen LogP contribution is -2.33. The second-order valence-electron chi connectivity index (χ2n) is 5.10. The predicted octanol–water partition coefficient (Wildman–Crippen LogP) is 2.06. The Hall–Kier alpha value is -1.73. The van der Waals surface area contributed by atoms with Crippen LogP contribution in [0.5, 0.6) is 0 Å². The second-order valence-corrected chi connectivity index (χ2v) is 5.93. The van der Waals surface area contributed by atoms with Gasteiger partial charge >= 0.3 is 0 Å². The van der Waals surface area contributed by atoms with E-state index in [0.29, 0.717) is 6.54 Å². The topological polar surface area (TPSA) is 63.1 Å². The molecule has 0 radical (unpaired) electrons. The summed E-state index contributed by atoms with van der Waals surface area (Å²) in [5.74, 6) is -0.00969. The maximum atomic E-state index is 11.3. The maximum absolute atomic E-state index is 11.3. The van der Waals surface area contributed by atoms with Gasteiger partial charge in [-0.15, -0.1) is 11.3 Å². The van der Waals surface area contributed by atoms with Crippen LogP contribution in [-0.4, -0.2) is 33.8 Å². The molecular formula is C14H21N5OS. The van der Waals surface area contributed by atoms with E-state index in [9.17, 15) is 4.79 Å². The summed E-state index contributed by atoms with van der Waals surface area (Å²) in [4.78, 5) is 17.3. The Labute approximate surface area is 128 Å². The zero-order valence-electron chi connectivity index (χ0n) is 12.8. The average molecular weight is 307 g/mol. The van der Waals surface area contributed by atoms with Crippen molar-refractivity contribution in [2.24, 2.45) is 0 Å². The normalized spacial score (nSPS) is 13.9. The van der Waals surface area contributed by atoms with Crippen LogP contribution < -0.4 is 10.2 Å². The lowest BCUT2D eigenvalue weighted by molar-refractivity contribution is -0.116. The summed E-state index contributed by atoms with van der Waals surface area (Å²) in [6.45, 7) is 6.46. The molecule has 0 saturated heterocycles. The van der Waals surface area contributed by atoms with E-state index in [1.165, 1.54) is 18.3 Å². The summed E-state index contributed by atoms with van der Waals surface area (Å²) < 4.78 is 1.94. The van der Waals surface area contributed by atoms with Crippen molar-refractivity contribution in [3.8, 4) is 0 Å². The monoisotopic (exact) mass is 307 g/mol. The van der Waals surface area contributed by atoms with Crippen molar-refractivity contribution in [1.82, 2.24) is 20.1 Å². The molecule has 2 heterocycles. The number of nitrogens with zero attached hydrogens (tertiary/aromatic N) is 4. The number of amides is 1. The van der Waals surface area contributed by atoms with Crippen LogP contribution in [0, 0.1) is 0 Å². The van der Waals surface area contributed by atoms with E-state index < -0.39 is 0 Å². The van der Waals surface area contributed by atoms with E-state index >= 15 is 0 Å². The largest absolute Gasteiger partial charge is 0.306 e. The Balaban J connectivity index is 1.90. The van der Waals surface area contributed by atoms with E-state index in [2.05, 4.69) is 29.2 Å². The van der Waals surface area contributed by atoms with Crippen molar-refractivity contribution in [3.63, 3.8) is 0 Å². The molecule has 0 spiro atoms. The number of hydrogen-bond acceptors (Lipinski definition) is 5. The number of hydrogen-bond donors (Lipinski definition) is 1. The van der Waals surface area contributed by atoms with Crippen molar-refractivity contribution in [2.75, 3.05) is 11.9 Å². The van der Waals surface area contributed by atoms with Gasteiger partial charge in [-0.05, 0) is 19.9 Å². The van der Waals surface area contributed by atoms with Gasteiger partial charge in [0.05, 0.1) is 11.7 Å². The van der Waals surface area contributed by atoms with Gasteiger partial charge in [0, 0.05) is 44.3 Å². The van der Waals surface area contributed by atoms with E-state index in [-0.39, 0.29) is 18.0 Å². The average Bonchev–Trinajstić information content (AvgIpc) is 3.14. The molecule has 0 aliphatic rings. The molecule has 0 unspecified atom stereocenters. The van der Waals surface area contributed by atoms with E-state index in [1.807, 2.05) is 22.3 Å². The minimum atomic E-state index is -0.00969. The molecule has 114 valence electrons. The number of carbonyl (C=O) groups excluding carboxylic acids is 1. The number of rotatable bonds is 6. The number of aromatic nitrogens is 3. The Morgan fingerprint density at radius 3 is 2.90 bits per heavy atom. The highest BCUT2D eigenvalue weighted by atomic mass is 32.1. The molecule has 2 aromatic heterocycles. The minimum absolute atomic E-state index is 0.00969. The Bertz CT molecular complexity index is 580. The number of nitrogens with one attached hydrogen (secondary N) is 1. The summed E-state index contributed by atoms with van der Waals surface area (Å²) in [5, 5.41) is 10.4. The summed E-state index contributed by atoms with van der Waals surface area (Å²) in [6, 6.07) is 2.45. The van der Waals surface area contributed by atoms with Crippen LogP contribution in [0.1, 0.15) is 32.5 Å². The van der Waals surface area contributed by atoms with Crippen LogP contribution in [-0.2, 0) is 11.3 Å². The fourth-order valence-electron chi connectivity index (χ4n) is 1.85. The van der Waals surface area contributed by atoms with Gasteiger partial charge in [0.15, 0.2) is 5.13 Å². The first-order valence-corrected chi connectivity index (χ1v) is 7.78. The molecule has 1 amide bonds. The van der Waals surface area contributed by atoms with Crippen molar-refractivity contribution < 1.29 is 4.79 Å². The van der Waals surface area contributed by atoms with Crippen molar-refractivity contribution in [3.05, 3.63) is 29.5 Å². The first-order chi connectivity index (χ1) is 9.99. The second kappa shape index (κ2) is 6.82. The van der Waals surface area contributed by atoms with E-state index in [4.69, 9.17) is 0 Å². The maximum Gasteiger partial charge on any atom is 0.225 e. The smallest absolute Gasteiger partial charge is 0.225 e. The molecule has 6 nitrogen and oxygen atoms in total.